The lowest BCUT2D eigenvalue weighted by Gasteiger charge is -2.39. The number of rotatable bonds is 3. The van der Waals surface area contributed by atoms with Crippen LogP contribution in [-0.2, 0) is 10.3 Å². The fraction of sp³-hybridized carbons (Fsp3) is 0.692. The Hall–Kier alpha value is -0.740. The molecule has 0 aromatic carbocycles. The summed E-state index contributed by atoms with van der Waals surface area (Å²) in [5.41, 5.74) is 2.06. The highest BCUT2D eigenvalue weighted by atomic mass is 32.1. The summed E-state index contributed by atoms with van der Waals surface area (Å²) in [6, 6.07) is 0. The molecular formula is C13H20N2OS. The molecule has 1 aliphatic rings. The van der Waals surface area contributed by atoms with E-state index in [-0.39, 0.29) is 5.60 Å². The predicted octanol–water partition coefficient (Wildman–Crippen LogP) is 3.60. The van der Waals surface area contributed by atoms with Gasteiger partial charge >= 0.3 is 0 Å². The molecule has 0 amide bonds. The van der Waals surface area contributed by atoms with Gasteiger partial charge in [0.2, 0.25) is 0 Å². The van der Waals surface area contributed by atoms with Gasteiger partial charge in [0.25, 0.3) is 0 Å². The maximum Gasteiger partial charge on any atom is 0.140 e. The van der Waals surface area contributed by atoms with E-state index >= 15 is 0 Å². The van der Waals surface area contributed by atoms with Crippen LogP contribution in [0.2, 0.25) is 0 Å². The molecule has 0 unspecified atom stereocenters. The van der Waals surface area contributed by atoms with E-state index in [2.05, 4.69) is 30.7 Å². The van der Waals surface area contributed by atoms with E-state index in [9.17, 15) is 0 Å². The molecule has 0 spiro atoms. The van der Waals surface area contributed by atoms with Crippen molar-refractivity contribution in [3.8, 4) is 0 Å². The number of nitrogens with zero attached hydrogens (tertiary/aromatic N) is 1. The van der Waals surface area contributed by atoms with Gasteiger partial charge < -0.3 is 9.72 Å². The van der Waals surface area contributed by atoms with Crippen molar-refractivity contribution >= 4 is 12.2 Å². The Morgan fingerprint density at radius 3 is 2.41 bits per heavy atom. The highest BCUT2D eigenvalue weighted by Gasteiger charge is 2.41. The highest BCUT2D eigenvalue weighted by Crippen LogP contribution is 2.42. The number of ether oxygens (including phenoxy) is 1. The maximum atomic E-state index is 5.63. The molecule has 17 heavy (non-hydrogen) atoms. The van der Waals surface area contributed by atoms with Crippen molar-refractivity contribution in [2.45, 2.75) is 51.6 Å². The van der Waals surface area contributed by atoms with Gasteiger partial charge in [-0.1, -0.05) is 26.1 Å². The van der Waals surface area contributed by atoms with Gasteiger partial charge in [0.1, 0.15) is 16.1 Å². The van der Waals surface area contributed by atoms with Crippen molar-refractivity contribution in [1.82, 2.24) is 9.97 Å². The van der Waals surface area contributed by atoms with Gasteiger partial charge in [-0.05, 0) is 32.1 Å². The van der Waals surface area contributed by atoms with Crippen LogP contribution in [0.1, 0.15) is 56.1 Å². The van der Waals surface area contributed by atoms with Gasteiger partial charge in [0, 0.05) is 18.4 Å². The van der Waals surface area contributed by atoms with E-state index in [0.29, 0.717) is 5.92 Å². The second-order valence-corrected chi connectivity index (χ2v) is 5.52. The van der Waals surface area contributed by atoms with Gasteiger partial charge in [0.05, 0.1) is 0 Å². The summed E-state index contributed by atoms with van der Waals surface area (Å²) in [4.78, 5) is 7.94. The van der Waals surface area contributed by atoms with Crippen molar-refractivity contribution < 1.29 is 4.74 Å². The Labute approximate surface area is 108 Å². The van der Waals surface area contributed by atoms with E-state index in [0.717, 1.165) is 34.6 Å². The predicted molar refractivity (Wildman–Crippen MR) is 70.8 cm³/mol. The fourth-order valence-electron chi connectivity index (χ4n) is 2.53. The second kappa shape index (κ2) is 4.50. The lowest BCUT2D eigenvalue weighted by atomic mass is 9.79. The van der Waals surface area contributed by atoms with E-state index in [4.69, 9.17) is 17.0 Å². The van der Waals surface area contributed by atoms with Crippen molar-refractivity contribution in [1.29, 1.82) is 0 Å². The molecule has 1 aliphatic carbocycles. The minimum absolute atomic E-state index is 0.214. The summed E-state index contributed by atoms with van der Waals surface area (Å²) in [7, 11) is 1.75. The molecule has 1 aromatic heterocycles. The molecule has 0 aliphatic heterocycles. The smallest absolute Gasteiger partial charge is 0.140 e. The number of methoxy groups -OCH3 is 1. The molecular weight excluding hydrogens is 232 g/mol. The van der Waals surface area contributed by atoms with Gasteiger partial charge in [-0.2, -0.15) is 0 Å². The largest absolute Gasteiger partial charge is 0.370 e. The zero-order valence-electron chi connectivity index (χ0n) is 11.0. The van der Waals surface area contributed by atoms with Crippen molar-refractivity contribution in [2.24, 2.45) is 0 Å². The Bertz CT molecular complexity index is 469. The van der Waals surface area contributed by atoms with Crippen LogP contribution in [0.4, 0.5) is 0 Å². The van der Waals surface area contributed by atoms with Crippen LogP contribution in [-0.4, -0.2) is 17.1 Å². The van der Waals surface area contributed by atoms with Crippen LogP contribution >= 0.6 is 12.2 Å². The summed E-state index contributed by atoms with van der Waals surface area (Å²) < 4.78 is 6.35. The third kappa shape index (κ3) is 2.04. The molecule has 1 aromatic rings. The van der Waals surface area contributed by atoms with Crippen LogP contribution in [0.3, 0.4) is 0 Å². The number of nitrogens with one attached hydrogen (secondary N) is 1. The second-order valence-electron chi connectivity index (χ2n) is 5.14. The zero-order chi connectivity index (χ0) is 12.6. The number of aromatic nitrogens is 2. The minimum Gasteiger partial charge on any atom is -0.370 e. The van der Waals surface area contributed by atoms with E-state index < -0.39 is 0 Å². The Morgan fingerprint density at radius 1 is 1.41 bits per heavy atom. The summed E-state index contributed by atoms with van der Waals surface area (Å²) in [6.07, 6.45) is 3.26. The van der Waals surface area contributed by atoms with Crippen molar-refractivity contribution in [3.05, 3.63) is 21.7 Å². The topological polar surface area (TPSA) is 37.9 Å². The molecule has 0 radical (unpaired) electrons. The molecule has 1 N–H and O–H groups in total. The zero-order valence-corrected chi connectivity index (χ0v) is 11.8. The normalized spacial score (nSPS) is 18.2. The molecule has 2 rings (SSSR count). The lowest BCUT2D eigenvalue weighted by Crippen LogP contribution is -2.38. The first-order valence-corrected chi connectivity index (χ1v) is 6.57. The van der Waals surface area contributed by atoms with Gasteiger partial charge in [-0.3, -0.25) is 0 Å². The van der Waals surface area contributed by atoms with Gasteiger partial charge in [0.15, 0.2) is 0 Å². The van der Waals surface area contributed by atoms with Crippen molar-refractivity contribution in [2.75, 3.05) is 7.11 Å². The van der Waals surface area contributed by atoms with Crippen LogP contribution < -0.4 is 0 Å². The number of aryl methyl sites for hydroxylation is 1. The molecule has 94 valence electrons. The van der Waals surface area contributed by atoms with E-state index in [1.807, 2.05) is 0 Å². The Morgan fingerprint density at radius 2 is 2.06 bits per heavy atom. The maximum absolute atomic E-state index is 5.63. The quantitative estimate of drug-likeness (QED) is 0.835. The molecule has 0 atom stereocenters. The average molecular weight is 252 g/mol. The van der Waals surface area contributed by atoms with Crippen molar-refractivity contribution in [3.63, 3.8) is 0 Å². The first kappa shape index (κ1) is 12.7. The molecule has 4 heteroatoms. The standard InChI is InChI=1S/C13H20N2OS/c1-8(2)10-9(3)14-12(15-11(10)17)13(16-4)6-5-7-13/h8H,5-7H2,1-4H3,(H,14,15,17). The third-order valence-corrected chi connectivity index (χ3v) is 4.03. The molecule has 0 saturated heterocycles. The summed E-state index contributed by atoms with van der Waals surface area (Å²) in [6.45, 7) is 6.35. The highest BCUT2D eigenvalue weighted by molar-refractivity contribution is 7.71. The summed E-state index contributed by atoms with van der Waals surface area (Å²) in [5, 5.41) is 0. The van der Waals surface area contributed by atoms with Crippen LogP contribution in [0.25, 0.3) is 0 Å². The number of hydrogen-bond donors (Lipinski definition) is 1. The van der Waals surface area contributed by atoms with Crippen LogP contribution in [0.15, 0.2) is 0 Å². The van der Waals surface area contributed by atoms with Gasteiger partial charge in [-0.15, -0.1) is 0 Å². The summed E-state index contributed by atoms with van der Waals surface area (Å²) >= 11 is 5.41. The minimum atomic E-state index is -0.214. The van der Waals surface area contributed by atoms with Crippen LogP contribution in [0, 0.1) is 11.6 Å². The molecule has 1 fully saturated rings. The Kier molecular flexibility index (Phi) is 3.36. The first-order chi connectivity index (χ1) is 8.00. The fourth-order valence-corrected chi connectivity index (χ4v) is 3.01. The number of H-pyrrole nitrogens is 1. The SMILES string of the molecule is COC1(c2nc(=S)c(C(C)C)c(C)[nH]2)CCC1. The molecule has 1 heterocycles. The summed E-state index contributed by atoms with van der Waals surface area (Å²) in [5.74, 6) is 1.30. The molecule has 0 bridgehead atoms. The number of hydrogen-bond acceptors (Lipinski definition) is 3. The molecule has 1 saturated carbocycles. The van der Waals surface area contributed by atoms with E-state index in [1.54, 1.807) is 7.11 Å². The first-order valence-electron chi connectivity index (χ1n) is 6.16. The van der Waals surface area contributed by atoms with Gasteiger partial charge in [-0.25, -0.2) is 4.98 Å². The van der Waals surface area contributed by atoms with Crippen LogP contribution in [0.5, 0.6) is 0 Å². The number of aromatic amines is 1. The Balaban J connectivity index is 2.49. The third-order valence-electron chi connectivity index (χ3n) is 3.71. The lowest BCUT2D eigenvalue weighted by molar-refractivity contribution is -0.0848. The van der Waals surface area contributed by atoms with E-state index in [1.165, 1.54) is 6.42 Å². The monoisotopic (exact) mass is 252 g/mol. The molecule has 3 nitrogen and oxygen atoms in total. The average Bonchev–Trinajstić information content (AvgIpc) is 2.14.